The summed E-state index contributed by atoms with van der Waals surface area (Å²) < 4.78 is 0. The smallest absolute Gasteiger partial charge is 0 e. The van der Waals surface area contributed by atoms with Crippen molar-refractivity contribution in [1.29, 1.82) is 0 Å². The summed E-state index contributed by atoms with van der Waals surface area (Å²) in [5.41, 5.74) is 2.21. The molecule has 0 saturated carbocycles. The van der Waals surface area contributed by atoms with Crippen molar-refractivity contribution in [3.63, 3.8) is 0 Å². The Bertz CT molecular complexity index is 379. The standard InChI is InChI=1S/C10H8N.Y/c1-8-6-7-11-10-5-3-2-4-9(8)10;/h2-5,7H,1H3;/q-1;. The fraction of sp³-hybridized carbons (Fsp3) is 0.100. The molecule has 0 aliphatic carbocycles. The van der Waals surface area contributed by atoms with Gasteiger partial charge >= 0.3 is 0 Å². The van der Waals surface area contributed by atoms with Crippen LogP contribution in [0.25, 0.3) is 10.9 Å². The minimum Gasteiger partial charge on any atom is -0.296 e. The van der Waals surface area contributed by atoms with Crippen molar-refractivity contribution in [3.8, 4) is 0 Å². The summed E-state index contributed by atoms with van der Waals surface area (Å²) in [4.78, 5) is 4.19. The van der Waals surface area contributed by atoms with Crippen molar-refractivity contribution in [2.45, 2.75) is 6.92 Å². The van der Waals surface area contributed by atoms with Crippen LogP contribution in [0.2, 0.25) is 0 Å². The molecule has 2 aromatic rings. The molecule has 1 aromatic carbocycles. The zero-order valence-corrected chi connectivity index (χ0v) is 9.75. The molecule has 12 heavy (non-hydrogen) atoms. The van der Waals surface area contributed by atoms with E-state index in [0.717, 1.165) is 11.1 Å². The van der Waals surface area contributed by atoms with Crippen molar-refractivity contribution in [2.24, 2.45) is 0 Å². The molecule has 0 aliphatic rings. The number of rotatable bonds is 0. The van der Waals surface area contributed by atoms with E-state index in [-0.39, 0.29) is 32.7 Å². The van der Waals surface area contributed by atoms with E-state index in [9.17, 15) is 0 Å². The first-order chi connectivity index (χ1) is 5.38. The quantitative estimate of drug-likeness (QED) is 0.634. The molecule has 1 radical (unpaired) electrons. The molecule has 57 valence electrons. The Morgan fingerprint density at radius 2 is 2.00 bits per heavy atom. The van der Waals surface area contributed by atoms with Gasteiger partial charge in [0.05, 0.1) is 0 Å². The van der Waals surface area contributed by atoms with Gasteiger partial charge in [-0.05, 0) is 5.52 Å². The number of nitrogens with zero attached hydrogens (tertiary/aromatic N) is 1. The monoisotopic (exact) mass is 231 g/mol. The molecular weight excluding hydrogens is 223 g/mol. The third-order valence-corrected chi connectivity index (χ3v) is 1.79. The second kappa shape index (κ2) is 4.11. The van der Waals surface area contributed by atoms with E-state index in [0.29, 0.717) is 0 Å². The largest absolute Gasteiger partial charge is 0.296 e. The zero-order chi connectivity index (χ0) is 7.68. The van der Waals surface area contributed by atoms with Gasteiger partial charge < -0.3 is 0 Å². The number of pyridine rings is 1. The van der Waals surface area contributed by atoms with Gasteiger partial charge in [-0.15, -0.1) is 11.5 Å². The average Bonchev–Trinajstić information content (AvgIpc) is 2.06. The summed E-state index contributed by atoms with van der Waals surface area (Å²) in [7, 11) is 0. The van der Waals surface area contributed by atoms with Crippen LogP contribution in [0.1, 0.15) is 5.56 Å². The van der Waals surface area contributed by atoms with Gasteiger partial charge in [0.15, 0.2) is 0 Å². The van der Waals surface area contributed by atoms with E-state index < -0.39 is 0 Å². The first-order valence-corrected chi connectivity index (χ1v) is 3.60. The van der Waals surface area contributed by atoms with Crippen molar-refractivity contribution >= 4 is 10.9 Å². The Labute approximate surface area is 97.1 Å². The number of hydrogen-bond acceptors (Lipinski definition) is 1. The Morgan fingerprint density at radius 1 is 1.25 bits per heavy atom. The van der Waals surface area contributed by atoms with E-state index in [1.165, 1.54) is 5.39 Å². The molecule has 0 atom stereocenters. The first-order valence-electron chi connectivity index (χ1n) is 3.60. The Kier molecular flexibility index (Phi) is 3.36. The Hall–Kier alpha value is -0.266. The molecule has 2 rings (SSSR count). The first kappa shape index (κ1) is 9.82. The molecular formula is C10H8NY-. The van der Waals surface area contributed by atoms with Crippen LogP contribution in [0.3, 0.4) is 0 Å². The third kappa shape index (κ3) is 1.73. The van der Waals surface area contributed by atoms with E-state index in [4.69, 9.17) is 0 Å². The molecule has 0 amide bonds. The van der Waals surface area contributed by atoms with Gasteiger partial charge in [0.1, 0.15) is 0 Å². The fourth-order valence-corrected chi connectivity index (χ4v) is 1.18. The molecule has 1 heterocycles. The number of aryl methyl sites for hydroxylation is 1. The molecule has 2 heteroatoms. The van der Waals surface area contributed by atoms with E-state index in [1.807, 2.05) is 25.1 Å². The Balaban J connectivity index is 0.000000720. The number of hydrogen-bond donors (Lipinski definition) is 0. The van der Waals surface area contributed by atoms with E-state index >= 15 is 0 Å². The third-order valence-electron chi connectivity index (χ3n) is 1.79. The fourth-order valence-electron chi connectivity index (χ4n) is 1.18. The van der Waals surface area contributed by atoms with Gasteiger partial charge in [-0.3, -0.25) is 4.98 Å². The molecule has 0 spiro atoms. The van der Waals surface area contributed by atoms with E-state index in [1.54, 1.807) is 6.20 Å². The molecule has 0 bridgehead atoms. The minimum absolute atomic E-state index is 0. The summed E-state index contributed by atoms with van der Waals surface area (Å²) in [5, 5.41) is 1.19. The van der Waals surface area contributed by atoms with Crippen molar-refractivity contribution in [1.82, 2.24) is 4.98 Å². The van der Waals surface area contributed by atoms with Gasteiger partial charge in [-0.1, -0.05) is 31.3 Å². The molecule has 1 aromatic heterocycles. The van der Waals surface area contributed by atoms with Crippen LogP contribution in [-0.2, 0) is 32.7 Å². The predicted octanol–water partition coefficient (Wildman–Crippen LogP) is 2.34. The maximum Gasteiger partial charge on any atom is 0 e. The molecule has 0 unspecified atom stereocenters. The zero-order valence-electron chi connectivity index (χ0n) is 6.91. The van der Waals surface area contributed by atoms with Crippen LogP contribution >= 0.6 is 0 Å². The topological polar surface area (TPSA) is 12.9 Å². The van der Waals surface area contributed by atoms with Gasteiger partial charge in [-0.25, -0.2) is 11.6 Å². The summed E-state index contributed by atoms with van der Waals surface area (Å²) in [5.74, 6) is 0. The normalized spacial score (nSPS) is 9.42. The number of aromatic nitrogens is 1. The predicted molar refractivity (Wildman–Crippen MR) is 45.3 cm³/mol. The van der Waals surface area contributed by atoms with Gasteiger partial charge in [0, 0.05) is 32.7 Å². The van der Waals surface area contributed by atoms with Gasteiger partial charge in [0.2, 0.25) is 0 Å². The van der Waals surface area contributed by atoms with Crippen LogP contribution in [-0.4, -0.2) is 4.98 Å². The maximum atomic E-state index is 4.19. The average molecular weight is 231 g/mol. The van der Waals surface area contributed by atoms with Crippen LogP contribution in [0, 0.1) is 13.0 Å². The van der Waals surface area contributed by atoms with Crippen molar-refractivity contribution in [2.75, 3.05) is 0 Å². The maximum absolute atomic E-state index is 4.19. The van der Waals surface area contributed by atoms with Crippen molar-refractivity contribution in [3.05, 3.63) is 42.1 Å². The SMILES string of the molecule is Cc1[c-]cnc2ccccc12.[Y]. The number of fused-ring (bicyclic) bond motifs is 1. The summed E-state index contributed by atoms with van der Waals surface area (Å²) in [6, 6.07) is 11.2. The summed E-state index contributed by atoms with van der Waals surface area (Å²) in [6.07, 6.45) is 1.72. The molecule has 0 saturated heterocycles. The van der Waals surface area contributed by atoms with Gasteiger partial charge in [-0.2, -0.15) is 0 Å². The second-order valence-electron chi connectivity index (χ2n) is 2.54. The van der Waals surface area contributed by atoms with Crippen LogP contribution in [0.5, 0.6) is 0 Å². The summed E-state index contributed by atoms with van der Waals surface area (Å²) >= 11 is 0. The Morgan fingerprint density at radius 3 is 2.75 bits per heavy atom. The summed E-state index contributed by atoms with van der Waals surface area (Å²) in [6.45, 7) is 2.05. The van der Waals surface area contributed by atoms with Crippen LogP contribution in [0.15, 0.2) is 30.5 Å². The number of benzene rings is 1. The molecule has 0 aliphatic heterocycles. The van der Waals surface area contributed by atoms with Gasteiger partial charge in [0.25, 0.3) is 0 Å². The molecule has 0 fully saturated rings. The second-order valence-corrected chi connectivity index (χ2v) is 2.54. The van der Waals surface area contributed by atoms with Crippen LogP contribution < -0.4 is 0 Å². The molecule has 0 N–H and O–H groups in total. The van der Waals surface area contributed by atoms with Crippen molar-refractivity contribution < 1.29 is 32.7 Å². The number of para-hydroxylation sites is 1. The minimum atomic E-state index is 0. The van der Waals surface area contributed by atoms with Crippen LogP contribution in [0.4, 0.5) is 0 Å². The molecule has 1 nitrogen and oxygen atoms in total. The van der Waals surface area contributed by atoms with E-state index in [2.05, 4.69) is 17.1 Å².